The summed E-state index contributed by atoms with van der Waals surface area (Å²) in [5, 5.41) is 5.02. The van der Waals surface area contributed by atoms with E-state index in [0.29, 0.717) is 44.2 Å². The van der Waals surface area contributed by atoms with Crippen LogP contribution in [-0.2, 0) is 39.3 Å². The van der Waals surface area contributed by atoms with Crippen LogP contribution in [-0.4, -0.2) is 59.5 Å². The molecule has 1 aliphatic carbocycles. The maximum Gasteiger partial charge on any atom is 0.418 e. The van der Waals surface area contributed by atoms with Crippen LogP contribution in [0, 0.1) is 5.82 Å². The van der Waals surface area contributed by atoms with Crippen LogP contribution >= 0.6 is 0 Å². The number of amides is 5. The second kappa shape index (κ2) is 9.54. The SMILES string of the molecule is CNC(=O)Nc1ccc2c(c1)CC[C@]21OC(=O)N(CC(=O)N2Cc3ccc(F)cc3CC[C@H]2C(F)(F)F)C1=O. The number of carbonyl (C=O) groups is 4. The number of fused-ring (bicyclic) bond motifs is 3. The molecule has 2 N–H and O–H groups in total. The first-order valence-electron chi connectivity index (χ1n) is 12.2. The van der Waals surface area contributed by atoms with Crippen LogP contribution in [0.5, 0.6) is 0 Å². The molecule has 0 aromatic heterocycles. The molecule has 9 nitrogen and oxygen atoms in total. The molecule has 1 fully saturated rings. The smallest absolute Gasteiger partial charge is 0.418 e. The van der Waals surface area contributed by atoms with Crippen LogP contribution in [0.15, 0.2) is 36.4 Å². The Hall–Kier alpha value is -4.16. The average Bonchev–Trinajstić information content (AvgIpc) is 3.25. The third kappa shape index (κ3) is 4.66. The Balaban J connectivity index is 1.39. The van der Waals surface area contributed by atoms with E-state index in [1.807, 2.05) is 0 Å². The van der Waals surface area contributed by atoms with E-state index in [4.69, 9.17) is 4.74 Å². The molecule has 0 saturated carbocycles. The van der Waals surface area contributed by atoms with E-state index in [0.717, 1.165) is 12.1 Å². The van der Waals surface area contributed by atoms with Crippen molar-refractivity contribution in [3.05, 3.63) is 64.5 Å². The maximum absolute atomic E-state index is 14.0. The third-order valence-corrected chi connectivity index (χ3v) is 7.41. The Morgan fingerprint density at radius 3 is 2.56 bits per heavy atom. The maximum atomic E-state index is 14.0. The molecule has 3 aliphatic rings. The molecule has 39 heavy (non-hydrogen) atoms. The molecule has 2 aromatic rings. The Labute approximate surface area is 220 Å². The molecule has 1 saturated heterocycles. The van der Waals surface area contributed by atoms with Gasteiger partial charge in [0.25, 0.3) is 5.91 Å². The molecule has 0 bridgehead atoms. The number of nitrogens with zero attached hydrogens (tertiary/aromatic N) is 2. The van der Waals surface area contributed by atoms with E-state index >= 15 is 0 Å². The third-order valence-electron chi connectivity index (χ3n) is 7.41. The number of urea groups is 1. The summed E-state index contributed by atoms with van der Waals surface area (Å²) in [6.45, 7) is -1.39. The molecule has 5 amide bonds. The summed E-state index contributed by atoms with van der Waals surface area (Å²) in [6, 6.07) is 5.66. The number of halogens is 4. The number of anilines is 1. The van der Waals surface area contributed by atoms with Gasteiger partial charge in [-0.25, -0.2) is 18.9 Å². The highest BCUT2D eigenvalue weighted by molar-refractivity contribution is 6.06. The number of ether oxygens (including phenoxy) is 1. The van der Waals surface area contributed by atoms with Crippen molar-refractivity contribution in [1.29, 1.82) is 0 Å². The lowest BCUT2D eigenvalue weighted by molar-refractivity contribution is -0.192. The van der Waals surface area contributed by atoms with E-state index < -0.39 is 67.1 Å². The fourth-order valence-corrected chi connectivity index (χ4v) is 5.48. The van der Waals surface area contributed by atoms with Crippen molar-refractivity contribution in [2.75, 3.05) is 18.9 Å². The Bertz CT molecular complexity index is 1380. The molecular weight excluding hydrogens is 524 g/mol. The van der Waals surface area contributed by atoms with Crippen molar-refractivity contribution in [1.82, 2.24) is 15.1 Å². The van der Waals surface area contributed by atoms with Gasteiger partial charge in [0.2, 0.25) is 11.5 Å². The zero-order chi connectivity index (χ0) is 28.1. The van der Waals surface area contributed by atoms with Crippen LogP contribution < -0.4 is 10.6 Å². The van der Waals surface area contributed by atoms with Crippen molar-refractivity contribution in [2.24, 2.45) is 0 Å². The van der Waals surface area contributed by atoms with Gasteiger partial charge in [0, 0.05) is 31.3 Å². The zero-order valence-electron chi connectivity index (χ0n) is 20.7. The van der Waals surface area contributed by atoms with Gasteiger partial charge < -0.3 is 20.3 Å². The quantitative estimate of drug-likeness (QED) is 0.570. The lowest BCUT2D eigenvalue weighted by Crippen LogP contribution is -2.52. The molecule has 2 aromatic carbocycles. The van der Waals surface area contributed by atoms with Gasteiger partial charge in [-0.3, -0.25) is 9.59 Å². The van der Waals surface area contributed by atoms with Gasteiger partial charge in [0.05, 0.1) is 0 Å². The molecule has 0 unspecified atom stereocenters. The number of rotatable bonds is 3. The number of nitrogens with one attached hydrogen (secondary N) is 2. The first kappa shape index (κ1) is 26.4. The second-order valence-electron chi connectivity index (χ2n) is 9.69. The summed E-state index contributed by atoms with van der Waals surface area (Å²) >= 11 is 0. The monoisotopic (exact) mass is 548 g/mol. The van der Waals surface area contributed by atoms with Crippen LogP contribution in [0.3, 0.4) is 0 Å². The summed E-state index contributed by atoms with van der Waals surface area (Å²) in [6.07, 6.45) is -6.09. The highest BCUT2D eigenvalue weighted by atomic mass is 19.4. The first-order valence-corrected chi connectivity index (χ1v) is 12.2. The van der Waals surface area contributed by atoms with Gasteiger partial charge in [-0.15, -0.1) is 0 Å². The average molecular weight is 548 g/mol. The molecule has 1 spiro atoms. The van der Waals surface area contributed by atoms with Crippen molar-refractivity contribution in [2.45, 2.75) is 50.0 Å². The second-order valence-corrected chi connectivity index (χ2v) is 9.69. The number of carbonyl (C=O) groups excluding carboxylic acids is 4. The van der Waals surface area contributed by atoms with Crippen molar-refractivity contribution < 1.29 is 41.5 Å². The Morgan fingerprint density at radius 2 is 1.85 bits per heavy atom. The van der Waals surface area contributed by atoms with E-state index in [1.54, 1.807) is 6.07 Å². The zero-order valence-corrected chi connectivity index (χ0v) is 20.7. The van der Waals surface area contributed by atoms with Crippen molar-refractivity contribution in [3.63, 3.8) is 0 Å². The van der Waals surface area contributed by atoms with Gasteiger partial charge in [-0.2, -0.15) is 13.2 Å². The predicted molar refractivity (Wildman–Crippen MR) is 128 cm³/mol. The van der Waals surface area contributed by atoms with Crippen molar-refractivity contribution >= 4 is 29.6 Å². The standard InChI is InChI=1S/C26H24F4N4O5/c1-31-23(37)32-18-5-6-19-15(11-18)8-9-25(19)22(36)34(24(38)39-25)13-21(35)33-12-16-2-4-17(27)10-14(16)3-7-20(33)26(28,29)30/h2,4-6,10-11,20H,3,7-9,12-13H2,1H3,(H2,31,32,37)/t20-,25-/m0/s1. The normalized spacial score (nSPS) is 22.3. The highest BCUT2D eigenvalue weighted by Gasteiger charge is 2.59. The van der Waals surface area contributed by atoms with Gasteiger partial charge >= 0.3 is 18.3 Å². The van der Waals surface area contributed by atoms with Gasteiger partial charge in [0.15, 0.2) is 0 Å². The summed E-state index contributed by atoms with van der Waals surface area (Å²) in [4.78, 5) is 52.3. The topological polar surface area (TPSA) is 108 Å². The number of benzene rings is 2. The van der Waals surface area contributed by atoms with Crippen LogP contribution in [0.2, 0.25) is 0 Å². The Morgan fingerprint density at radius 1 is 1.08 bits per heavy atom. The molecule has 5 rings (SSSR count). The number of hydrogen-bond donors (Lipinski definition) is 2. The predicted octanol–water partition coefficient (Wildman–Crippen LogP) is 3.60. The number of hydrogen-bond acceptors (Lipinski definition) is 5. The van der Waals surface area contributed by atoms with E-state index in [2.05, 4.69) is 10.6 Å². The molecule has 2 atom stereocenters. The lowest BCUT2D eigenvalue weighted by atomic mass is 9.94. The van der Waals surface area contributed by atoms with E-state index in [1.165, 1.54) is 25.2 Å². The summed E-state index contributed by atoms with van der Waals surface area (Å²) < 4.78 is 61.1. The van der Waals surface area contributed by atoms with Crippen molar-refractivity contribution in [3.8, 4) is 0 Å². The molecular formula is C26H24F4N4O5. The van der Waals surface area contributed by atoms with Gasteiger partial charge in [-0.05, 0) is 60.2 Å². The lowest BCUT2D eigenvalue weighted by Gasteiger charge is -2.32. The largest absolute Gasteiger partial charge is 0.427 e. The first-order chi connectivity index (χ1) is 18.4. The minimum absolute atomic E-state index is 0.0782. The fraction of sp³-hybridized carbons (Fsp3) is 0.385. The van der Waals surface area contributed by atoms with Gasteiger partial charge in [-0.1, -0.05) is 12.1 Å². The summed E-state index contributed by atoms with van der Waals surface area (Å²) in [7, 11) is 1.45. The molecule has 0 radical (unpaired) electrons. The number of aryl methyl sites for hydroxylation is 2. The Kier molecular flexibility index (Phi) is 6.47. The van der Waals surface area contributed by atoms with Gasteiger partial charge in [0.1, 0.15) is 18.4 Å². The van der Waals surface area contributed by atoms with E-state index in [-0.39, 0.29) is 12.8 Å². The highest BCUT2D eigenvalue weighted by Crippen LogP contribution is 2.46. The number of alkyl halides is 3. The summed E-state index contributed by atoms with van der Waals surface area (Å²) in [5.74, 6) is -2.52. The minimum atomic E-state index is -4.78. The molecule has 13 heteroatoms. The molecule has 2 heterocycles. The van der Waals surface area contributed by atoms with E-state index in [9.17, 15) is 36.7 Å². The fourth-order valence-electron chi connectivity index (χ4n) is 5.48. The van der Waals surface area contributed by atoms with Crippen LogP contribution in [0.4, 0.5) is 32.8 Å². The number of imide groups is 1. The summed E-state index contributed by atoms with van der Waals surface area (Å²) in [5.41, 5.74) is 0.499. The van der Waals surface area contributed by atoms with Crippen LogP contribution in [0.25, 0.3) is 0 Å². The molecule has 206 valence electrons. The minimum Gasteiger partial charge on any atom is -0.427 e. The van der Waals surface area contributed by atoms with Crippen LogP contribution in [0.1, 0.15) is 35.1 Å². The molecule has 2 aliphatic heterocycles.